The molecule has 150 valence electrons. The SMILES string of the molecule is COC(=O)c1ccccc1[S+](c1ccccc1)c1ccc(OC(C)(C)C)c(F)c1. The van der Waals surface area contributed by atoms with Crippen LogP contribution in [0, 0.1) is 5.82 Å². The maximum Gasteiger partial charge on any atom is 0.343 e. The van der Waals surface area contributed by atoms with Gasteiger partial charge < -0.3 is 9.47 Å². The highest BCUT2D eigenvalue weighted by Gasteiger charge is 2.34. The number of ether oxygens (including phenoxy) is 2. The van der Waals surface area contributed by atoms with E-state index in [9.17, 15) is 9.18 Å². The van der Waals surface area contributed by atoms with Crippen LogP contribution in [0.1, 0.15) is 31.1 Å². The summed E-state index contributed by atoms with van der Waals surface area (Å²) in [5.74, 6) is -0.636. The monoisotopic (exact) mass is 411 g/mol. The molecule has 0 heterocycles. The van der Waals surface area contributed by atoms with Crippen LogP contribution in [-0.2, 0) is 15.6 Å². The van der Waals surface area contributed by atoms with Gasteiger partial charge in [0.15, 0.2) is 26.3 Å². The summed E-state index contributed by atoms with van der Waals surface area (Å²) < 4.78 is 25.6. The molecule has 0 saturated carbocycles. The van der Waals surface area contributed by atoms with Crippen molar-refractivity contribution in [2.24, 2.45) is 0 Å². The van der Waals surface area contributed by atoms with E-state index in [1.54, 1.807) is 18.2 Å². The van der Waals surface area contributed by atoms with Crippen molar-refractivity contribution in [2.75, 3.05) is 7.11 Å². The molecule has 0 spiro atoms. The maximum atomic E-state index is 14.9. The second-order valence-corrected chi connectivity index (χ2v) is 9.41. The van der Waals surface area contributed by atoms with Crippen LogP contribution in [0.2, 0.25) is 0 Å². The van der Waals surface area contributed by atoms with Gasteiger partial charge in [0.1, 0.15) is 22.1 Å². The zero-order valence-electron chi connectivity index (χ0n) is 16.9. The summed E-state index contributed by atoms with van der Waals surface area (Å²) in [6.45, 7) is 5.63. The summed E-state index contributed by atoms with van der Waals surface area (Å²) >= 11 is 0. The van der Waals surface area contributed by atoms with Crippen LogP contribution in [0.25, 0.3) is 0 Å². The van der Waals surface area contributed by atoms with Crippen molar-refractivity contribution < 1.29 is 18.7 Å². The number of hydrogen-bond acceptors (Lipinski definition) is 3. The van der Waals surface area contributed by atoms with Crippen LogP contribution in [0.3, 0.4) is 0 Å². The fourth-order valence-electron chi connectivity index (χ4n) is 2.89. The topological polar surface area (TPSA) is 35.5 Å². The number of benzene rings is 3. The molecule has 29 heavy (non-hydrogen) atoms. The molecule has 0 saturated heterocycles. The minimum absolute atomic E-state index is 0.208. The van der Waals surface area contributed by atoms with Crippen LogP contribution >= 0.6 is 0 Å². The minimum Gasteiger partial charge on any atom is -0.485 e. The first-order chi connectivity index (χ1) is 13.8. The van der Waals surface area contributed by atoms with Gasteiger partial charge in [0.25, 0.3) is 0 Å². The minimum atomic E-state index is -0.686. The predicted octanol–water partition coefficient (Wildman–Crippen LogP) is 5.89. The summed E-state index contributed by atoms with van der Waals surface area (Å²) in [7, 11) is 0.673. The van der Waals surface area contributed by atoms with Crippen LogP contribution in [0.4, 0.5) is 4.39 Å². The van der Waals surface area contributed by atoms with Crippen LogP contribution < -0.4 is 4.74 Å². The van der Waals surface area contributed by atoms with Gasteiger partial charge in [0, 0.05) is 6.07 Å². The third-order valence-electron chi connectivity index (χ3n) is 4.05. The van der Waals surface area contributed by atoms with Gasteiger partial charge in [-0.15, -0.1) is 0 Å². The lowest BCUT2D eigenvalue weighted by atomic mass is 10.2. The lowest BCUT2D eigenvalue weighted by molar-refractivity contribution is 0.0596. The fraction of sp³-hybridized carbons (Fsp3) is 0.208. The molecule has 1 unspecified atom stereocenters. The van der Waals surface area contributed by atoms with Gasteiger partial charge in [-0.3, -0.25) is 0 Å². The van der Waals surface area contributed by atoms with E-state index in [0.717, 1.165) is 14.7 Å². The van der Waals surface area contributed by atoms with Gasteiger partial charge in [0.05, 0.1) is 7.11 Å². The van der Waals surface area contributed by atoms with Crippen molar-refractivity contribution in [3.05, 3.63) is 84.2 Å². The summed E-state index contributed by atoms with van der Waals surface area (Å²) in [5.41, 5.74) is -0.0290. The average Bonchev–Trinajstić information content (AvgIpc) is 2.70. The molecular formula is C24H24FO3S+. The highest BCUT2D eigenvalue weighted by atomic mass is 32.2. The Morgan fingerprint density at radius 3 is 2.17 bits per heavy atom. The van der Waals surface area contributed by atoms with Crippen molar-refractivity contribution in [3.63, 3.8) is 0 Å². The number of hydrogen-bond donors (Lipinski definition) is 0. The first-order valence-corrected chi connectivity index (χ1v) is 10.5. The van der Waals surface area contributed by atoms with Crippen molar-refractivity contribution in [2.45, 2.75) is 41.1 Å². The number of methoxy groups -OCH3 is 1. The van der Waals surface area contributed by atoms with Crippen LogP contribution in [0.5, 0.6) is 5.75 Å². The molecule has 0 amide bonds. The molecule has 3 rings (SSSR count). The van der Waals surface area contributed by atoms with E-state index in [-0.39, 0.29) is 5.75 Å². The molecule has 1 atom stereocenters. The van der Waals surface area contributed by atoms with Crippen molar-refractivity contribution in [1.82, 2.24) is 0 Å². The fourth-order valence-corrected chi connectivity index (χ4v) is 5.11. The zero-order chi connectivity index (χ0) is 21.0. The Kier molecular flexibility index (Phi) is 6.28. The van der Waals surface area contributed by atoms with Gasteiger partial charge in [-0.2, -0.15) is 0 Å². The Hall–Kier alpha value is -2.79. The average molecular weight is 412 g/mol. The third kappa shape index (κ3) is 4.98. The summed E-state index contributed by atoms with van der Waals surface area (Å²) in [6.07, 6.45) is 0. The number of halogens is 1. The van der Waals surface area contributed by atoms with E-state index in [2.05, 4.69) is 0 Å². The van der Waals surface area contributed by atoms with Gasteiger partial charge in [-0.25, -0.2) is 9.18 Å². The summed E-state index contributed by atoms with van der Waals surface area (Å²) in [5, 5.41) is 0. The smallest absolute Gasteiger partial charge is 0.343 e. The second kappa shape index (κ2) is 8.70. The molecule has 0 N–H and O–H groups in total. The molecule has 3 aromatic rings. The van der Waals surface area contributed by atoms with Gasteiger partial charge >= 0.3 is 5.97 Å². The van der Waals surface area contributed by atoms with Crippen LogP contribution in [-0.4, -0.2) is 18.7 Å². The van der Waals surface area contributed by atoms with Crippen molar-refractivity contribution in [1.29, 1.82) is 0 Å². The lowest BCUT2D eigenvalue weighted by Gasteiger charge is -2.21. The molecule has 0 aromatic heterocycles. The Balaban J connectivity index is 2.15. The lowest BCUT2D eigenvalue weighted by Crippen LogP contribution is -2.23. The Morgan fingerprint density at radius 2 is 1.55 bits per heavy atom. The Labute approximate surface area is 173 Å². The number of carbonyl (C=O) groups excluding carboxylic acids is 1. The largest absolute Gasteiger partial charge is 0.485 e. The molecule has 3 nitrogen and oxygen atoms in total. The second-order valence-electron chi connectivity index (χ2n) is 7.41. The van der Waals surface area contributed by atoms with E-state index in [1.807, 2.05) is 69.3 Å². The van der Waals surface area contributed by atoms with Gasteiger partial charge in [-0.05, 0) is 57.2 Å². The van der Waals surface area contributed by atoms with E-state index in [1.165, 1.54) is 13.2 Å². The highest BCUT2D eigenvalue weighted by molar-refractivity contribution is 7.97. The van der Waals surface area contributed by atoms with E-state index < -0.39 is 28.3 Å². The standard InChI is InChI=1S/C24H24FO3S/c1-24(2,3)28-21-15-14-18(16-20(21)25)29(17-10-6-5-7-11-17)22-13-9-8-12-19(22)23(26)27-4/h5-16H,1-4H3/q+1. The Morgan fingerprint density at radius 1 is 0.897 bits per heavy atom. The normalized spacial score (nSPS) is 12.3. The third-order valence-corrected chi connectivity index (χ3v) is 6.31. The van der Waals surface area contributed by atoms with Crippen molar-refractivity contribution in [3.8, 4) is 5.75 Å². The first kappa shape index (κ1) is 20.9. The van der Waals surface area contributed by atoms with Crippen LogP contribution in [0.15, 0.2) is 87.5 Å². The molecule has 0 radical (unpaired) electrons. The predicted molar refractivity (Wildman–Crippen MR) is 113 cm³/mol. The first-order valence-electron chi connectivity index (χ1n) is 9.25. The van der Waals surface area contributed by atoms with Gasteiger partial charge in [0.2, 0.25) is 0 Å². The molecule has 0 aliphatic carbocycles. The number of esters is 1. The molecular weight excluding hydrogens is 387 g/mol. The van der Waals surface area contributed by atoms with E-state index in [4.69, 9.17) is 9.47 Å². The highest BCUT2D eigenvalue weighted by Crippen LogP contribution is 2.35. The Bertz CT molecular complexity index is 997. The van der Waals surface area contributed by atoms with E-state index >= 15 is 0 Å². The molecule has 0 bridgehead atoms. The molecule has 5 heteroatoms. The molecule has 0 fully saturated rings. The maximum absolute atomic E-state index is 14.9. The number of rotatable bonds is 5. The number of carbonyl (C=O) groups is 1. The quantitative estimate of drug-likeness (QED) is 0.388. The summed E-state index contributed by atoms with van der Waals surface area (Å²) in [6, 6.07) is 22.0. The molecule has 0 aliphatic heterocycles. The summed E-state index contributed by atoms with van der Waals surface area (Å²) in [4.78, 5) is 14.9. The molecule has 3 aromatic carbocycles. The van der Waals surface area contributed by atoms with E-state index in [0.29, 0.717) is 5.56 Å². The molecule has 0 aliphatic rings. The van der Waals surface area contributed by atoms with Crippen molar-refractivity contribution >= 4 is 16.9 Å². The zero-order valence-corrected chi connectivity index (χ0v) is 17.8. The van der Waals surface area contributed by atoms with Gasteiger partial charge in [-0.1, -0.05) is 30.3 Å².